The summed E-state index contributed by atoms with van der Waals surface area (Å²) in [6.07, 6.45) is -6.26. The van der Waals surface area contributed by atoms with Gasteiger partial charge >= 0.3 is 6.18 Å². The molecule has 2 N–H and O–H groups in total. The number of nitrogens with zero attached hydrogens (tertiary/aromatic N) is 3. The molecule has 2 aromatic heterocycles. The average Bonchev–Trinajstić information content (AvgIpc) is 3.19. The molecule has 1 unspecified atom stereocenters. The van der Waals surface area contributed by atoms with Gasteiger partial charge in [0.05, 0.1) is 17.8 Å². The lowest BCUT2D eigenvalue weighted by Crippen LogP contribution is -2.45. The van der Waals surface area contributed by atoms with Crippen LogP contribution in [0.3, 0.4) is 0 Å². The van der Waals surface area contributed by atoms with Gasteiger partial charge in [0, 0.05) is 22.5 Å². The summed E-state index contributed by atoms with van der Waals surface area (Å²) in [5.74, 6) is -0.983. The number of halogens is 3. The van der Waals surface area contributed by atoms with Gasteiger partial charge < -0.3 is 10.4 Å². The first kappa shape index (κ1) is 21.0. The second-order valence-corrected chi connectivity index (χ2v) is 7.62. The van der Waals surface area contributed by atoms with Gasteiger partial charge in [-0.25, -0.2) is 9.67 Å². The Balaban J connectivity index is 1.83. The zero-order chi connectivity index (χ0) is 21.4. The van der Waals surface area contributed by atoms with Crippen molar-refractivity contribution in [2.45, 2.75) is 39.0 Å². The molecule has 0 saturated heterocycles. The number of nitrogens with one attached hydrogen (secondary N) is 1. The third-order valence-electron chi connectivity index (χ3n) is 4.24. The normalized spacial score (nSPS) is 13.9. The summed E-state index contributed by atoms with van der Waals surface area (Å²) < 4.78 is 42.3. The van der Waals surface area contributed by atoms with Gasteiger partial charge in [0.15, 0.2) is 0 Å². The summed E-state index contributed by atoms with van der Waals surface area (Å²) >= 11 is 0.663. The first-order valence-electron chi connectivity index (χ1n) is 8.65. The van der Waals surface area contributed by atoms with E-state index in [1.807, 2.05) is 19.9 Å². The summed E-state index contributed by atoms with van der Waals surface area (Å²) in [5, 5.41) is 17.9. The highest BCUT2D eigenvalue weighted by Crippen LogP contribution is 2.43. The predicted molar refractivity (Wildman–Crippen MR) is 103 cm³/mol. The molecule has 0 radical (unpaired) electrons. The van der Waals surface area contributed by atoms with Gasteiger partial charge in [-0.1, -0.05) is 6.07 Å². The third-order valence-corrected chi connectivity index (χ3v) is 5.35. The topological polar surface area (TPSA) is 80.0 Å². The van der Waals surface area contributed by atoms with Crippen molar-refractivity contribution in [3.63, 3.8) is 0 Å². The quantitative estimate of drug-likeness (QED) is 0.648. The number of hydrogen-bond donors (Lipinski definition) is 2. The van der Waals surface area contributed by atoms with E-state index in [4.69, 9.17) is 0 Å². The van der Waals surface area contributed by atoms with Gasteiger partial charge in [0.2, 0.25) is 11.5 Å². The van der Waals surface area contributed by atoms with Crippen molar-refractivity contribution < 1.29 is 23.1 Å². The van der Waals surface area contributed by atoms with Crippen LogP contribution in [0.1, 0.15) is 28.5 Å². The number of aryl methyl sites for hydroxylation is 3. The Bertz CT molecular complexity index is 1040. The average molecular weight is 424 g/mol. The molecule has 6 nitrogen and oxygen atoms in total. The Kier molecular flexibility index (Phi) is 5.50. The Morgan fingerprint density at radius 2 is 1.93 bits per heavy atom. The molecule has 1 amide bonds. The minimum Gasteiger partial charge on any atom is -0.374 e. The van der Waals surface area contributed by atoms with Crippen LogP contribution in [0, 0.1) is 20.8 Å². The highest BCUT2D eigenvalue weighted by Gasteiger charge is 2.58. The monoisotopic (exact) mass is 424 g/mol. The van der Waals surface area contributed by atoms with Crippen LogP contribution in [0.15, 0.2) is 35.7 Å². The molecule has 2 heterocycles. The van der Waals surface area contributed by atoms with E-state index in [2.05, 4.69) is 15.4 Å². The van der Waals surface area contributed by atoms with E-state index in [-0.39, 0.29) is 0 Å². The molecule has 0 bridgehead atoms. The summed E-state index contributed by atoms with van der Waals surface area (Å²) in [5.41, 5.74) is -0.397. The third kappa shape index (κ3) is 4.33. The molecule has 10 heteroatoms. The lowest BCUT2D eigenvalue weighted by atomic mass is 9.99. The van der Waals surface area contributed by atoms with Crippen LogP contribution in [0.2, 0.25) is 0 Å². The van der Waals surface area contributed by atoms with Crippen molar-refractivity contribution in [3.05, 3.63) is 57.8 Å². The van der Waals surface area contributed by atoms with Crippen molar-refractivity contribution in [1.29, 1.82) is 0 Å². The zero-order valence-corrected chi connectivity index (χ0v) is 16.7. The molecule has 3 aromatic rings. The van der Waals surface area contributed by atoms with E-state index in [0.717, 1.165) is 11.4 Å². The lowest BCUT2D eigenvalue weighted by Gasteiger charge is -2.27. The molecule has 0 spiro atoms. The van der Waals surface area contributed by atoms with E-state index >= 15 is 0 Å². The summed E-state index contributed by atoms with van der Waals surface area (Å²) in [4.78, 5) is 16.1. The van der Waals surface area contributed by atoms with Crippen LogP contribution >= 0.6 is 11.3 Å². The number of aliphatic hydroxyl groups is 1. The van der Waals surface area contributed by atoms with E-state index in [0.29, 0.717) is 28.4 Å². The van der Waals surface area contributed by atoms with Crippen LogP contribution in [0.5, 0.6) is 0 Å². The maximum absolute atomic E-state index is 13.6. The van der Waals surface area contributed by atoms with Crippen molar-refractivity contribution in [2.75, 3.05) is 5.32 Å². The summed E-state index contributed by atoms with van der Waals surface area (Å²) in [6, 6.07) is 8.44. The molecule has 154 valence electrons. The fourth-order valence-corrected chi connectivity index (χ4v) is 3.80. The fraction of sp³-hybridized carbons (Fsp3) is 0.316. The molecule has 1 atom stereocenters. The molecule has 1 aromatic carbocycles. The second-order valence-electron chi connectivity index (χ2n) is 6.77. The highest BCUT2D eigenvalue weighted by atomic mass is 32.1. The van der Waals surface area contributed by atoms with Crippen LogP contribution < -0.4 is 5.32 Å². The van der Waals surface area contributed by atoms with Gasteiger partial charge in [0.25, 0.3) is 0 Å². The number of rotatable bonds is 5. The van der Waals surface area contributed by atoms with Crippen molar-refractivity contribution in [1.82, 2.24) is 14.8 Å². The van der Waals surface area contributed by atoms with Crippen LogP contribution in [-0.2, 0) is 10.4 Å². The van der Waals surface area contributed by atoms with Crippen molar-refractivity contribution in [2.24, 2.45) is 0 Å². The van der Waals surface area contributed by atoms with E-state index in [1.165, 1.54) is 12.3 Å². The van der Waals surface area contributed by atoms with Gasteiger partial charge in [0.1, 0.15) is 5.01 Å². The number of alkyl halides is 3. The number of benzene rings is 1. The lowest BCUT2D eigenvalue weighted by molar-refractivity contribution is -0.266. The number of amides is 1. The minimum atomic E-state index is -5.06. The number of carbonyl (C=O) groups is 1. The maximum Gasteiger partial charge on any atom is 0.424 e. The number of aromatic nitrogens is 3. The fourth-order valence-electron chi connectivity index (χ4n) is 2.88. The molecular weight excluding hydrogens is 405 g/mol. The van der Waals surface area contributed by atoms with E-state index < -0.39 is 29.1 Å². The van der Waals surface area contributed by atoms with E-state index in [1.54, 1.807) is 28.9 Å². The maximum atomic E-state index is 13.6. The van der Waals surface area contributed by atoms with Crippen molar-refractivity contribution in [3.8, 4) is 5.69 Å². The second kappa shape index (κ2) is 7.60. The first-order valence-corrected chi connectivity index (χ1v) is 9.53. The minimum absolute atomic E-state index is 0.292. The smallest absolute Gasteiger partial charge is 0.374 e. The number of hydrogen-bond acceptors (Lipinski definition) is 5. The largest absolute Gasteiger partial charge is 0.424 e. The molecule has 3 rings (SSSR count). The SMILES string of the molecule is Cc1csc(C(O)(CC(=O)Nc2cccc(-n3nc(C)cc3C)c2)C(F)(F)F)n1. The van der Waals surface area contributed by atoms with Gasteiger partial charge in [-0.2, -0.15) is 18.3 Å². The standard InChI is InChI=1S/C19H19F3N4O2S/c1-11-7-13(3)26(25-11)15-6-4-5-14(8-15)24-16(27)9-18(28,19(20,21)22)17-23-12(2)10-29-17/h4-8,10,28H,9H2,1-3H3,(H,24,27). The van der Waals surface area contributed by atoms with Gasteiger partial charge in [-0.15, -0.1) is 11.3 Å². The summed E-state index contributed by atoms with van der Waals surface area (Å²) in [7, 11) is 0. The molecule has 0 aliphatic carbocycles. The Morgan fingerprint density at radius 1 is 1.21 bits per heavy atom. The molecule has 0 saturated carbocycles. The number of anilines is 1. The Labute approximate surface area is 169 Å². The van der Waals surface area contributed by atoms with Gasteiger partial charge in [-0.3, -0.25) is 4.79 Å². The van der Waals surface area contributed by atoms with Crippen molar-refractivity contribution >= 4 is 22.9 Å². The highest BCUT2D eigenvalue weighted by molar-refractivity contribution is 7.09. The van der Waals surface area contributed by atoms with Crippen LogP contribution in [0.4, 0.5) is 18.9 Å². The molecule has 0 aliphatic heterocycles. The van der Waals surface area contributed by atoms with E-state index in [9.17, 15) is 23.1 Å². The molecule has 0 fully saturated rings. The van der Waals surface area contributed by atoms with Crippen LogP contribution in [-0.4, -0.2) is 32.0 Å². The molecule has 29 heavy (non-hydrogen) atoms. The summed E-state index contributed by atoms with van der Waals surface area (Å²) in [6.45, 7) is 5.22. The Morgan fingerprint density at radius 3 is 2.48 bits per heavy atom. The molecule has 0 aliphatic rings. The zero-order valence-electron chi connectivity index (χ0n) is 15.9. The Hall–Kier alpha value is -2.72. The number of carbonyl (C=O) groups excluding carboxylic acids is 1. The first-order chi connectivity index (χ1) is 13.5. The van der Waals surface area contributed by atoms with Gasteiger partial charge in [-0.05, 0) is 45.0 Å². The number of thiazole rings is 1. The predicted octanol–water partition coefficient (Wildman–Crippen LogP) is 4.03. The van der Waals surface area contributed by atoms with Crippen LogP contribution in [0.25, 0.3) is 5.69 Å². The molecular formula is C19H19F3N4O2S.